The van der Waals surface area contributed by atoms with Crippen LogP contribution < -0.4 is 10.3 Å². The molecule has 1 unspecified atom stereocenters. The van der Waals surface area contributed by atoms with E-state index in [-0.39, 0.29) is 17.8 Å². The van der Waals surface area contributed by atoms with E-state index in [0.29, 0.717) is 39.6 Å². The SMILES string of the molecule is CCOc1cn(C(C)C(=O)Cc2ccc(C(=O)O)cc2)c(=O)cc1-c1cc(Cl)ccc1C#N. The van der Waals surface area contributed by atoms with Gasteiger partial charge >= 0.3 is 5.97 Å². The number of benzene rings is 2. The van der Waals surface area contributed by atoms with Crippen LogP contribution >= 0.6 is 11.6 Å². The summed E-state index contributed by atoms with van der Waals surface area (Å²) in [5, 5.41) is 18.9. The first kappa shape index (κ1) is 23.8. The zero-order chi connectivity index (χ0) is 24.1. The number of halogens is 1. The molecule has 33 heavy (non-hydrogen) atoms. The molecule has 0 spiro atoms. The summed E-state index contributed by atoms with van der Waals surface area (Å²) in [7, 11) is 0. The fourth-order valence-corrected chi connectivity index (χ4v) is 3.59. The van der Waals surface area contributed by atoms with E-state index in [0.717, 1.165) is 0 Å². The molecule has 8 heteroatoms. The lowest BCUT2D eigenvalue weighted by Gasteiger charge is -2.18. The van der Waals surface area contributed by atoms with Crippen LogP contribution in [0.2, 0.25) is 5.02 Å². The van der Waals surface area contributed by atoms with Crippen molar-refractivity contribution in [3.05, 3.63) is 86.8 Å². The molecule has 0 bridgehead atoms. The average molecular weight is 465 g/mol. The predicted molar refractivity (Wildman–Crippen MR) is 124 cm³/mol. The number of ketones is 1. The Morgan fingerprint density at radius 1 is 1.15 bits per heavy atom. The van der Waals surface area contributed by atoms with Gasteiger partial charge in [-0.2, -0.15) is 5.26 Å². The molecule has 3 aromatic rings. The van der Waals surface area contributed by atoms with Crippen LogP contribution in [0.15, 0.2) is 59.5 Å². The summed E-state index contributed by atoms with van der Waals surface area (Å²) in [6, 6.07) is 13.4. The molecule has 1 aromatic heterocycles. The van der Waals surface area contributed by atoms with E-state index in [1.54, 1.807) is 44.2 Å². The number of carboxylic acid groups (broad SMARTS) is 1. The van der Waals surface area contributed by atoms with Gasteiger partial charge in [-0.1, -0.05) is 23.7 Å². The van der Waals surface area contributed by atoms with Crippen molar-refractivity contribution in [3.63, 3.8) is 0 Å². The van der Waals surface area contributed by atoms with Crippen molar-refractivity contribution >= 4 is 23.4 Å². The molecule has 0 amide bonds. The number of carbonyl (C=O) groups is 2. The number of nitriles is 1. The predicted octanol–water partition coefficient (Wildman–Crippen LogP) is 4.51. The van der Waals surface area contributed by atoms with E-state index in [9.17, 15) is 19.6 Å². The molecule has 7 nitrogen and oxygen atoms in total. The maximum Gasteiger partial charge on any atom is 0.335 e. The molecule has 1 heterocycles. The first-order valence-corrected chi connectivity index (χ1v) is 10.6. The van der Waals surface area contributed by atoms with Gasteiger partial charge in [-0.15, -0.1) is 0 Å². The van der Waals surface area contributed by atoms with Crippen LogP contribution in [0.1, 0.15) is 41.4 Å². The van der Waals surface area contributed by atoms with Crippen LogP contribution in [-0.4, -0.2) is 28.0 Å². The van der Waals surface area contributed by atoms with Crippen LogP contribution in [0.4, 0.5) is 0 Å². The fraction of sp³-hybridized carbons (Fsp3) is 0.200. The van der Waals surface area contributed by atoms with Crippen molar-refractivity contribution in [2.24, 2.45) is 0 Å². The van der Waals surface area contributed by atoms with Crippen molar-refractivity contribution in [2.45, 2.75) is 26.3 Å². The lowest BCUT2D eigenvalue weighted by Crippen LogP contribution is -2.28. The molecule has 0 aliphatic heterocycles. The summed E-state index contributed by atoms with van der Waals surface area (Å²) in [5.74, 6) is -0.923. The molecule has 0 aliphatic carbocycles. The number of aromatic carboxylic acids is 1. The first-order valence-electron chi connectivity index (χ1n) is 10.2. The number of hydrogen-bond donors (Lipinski definition) is 1. The Hall–Kier alpha value is -3.89. The van der Waals surface area contributed by atoms with Crippen molar-refractivity contribution in [3.8, 4) is 22.9 Å². The summed E-state index contributed by atoms with van der Waals surface area (Å²) < 4.78 is 7.02. The summed E-state index contributed by atoms with van der Waals surface area (Å²) in [5.41, 5.74) is 1.57. The highest BCUT2D eigenvalue weighted by Gasteiger charge is 2.21. The summed E-state index contributed by atoms with van der Waals surface area (Å²) in [6.45, 7) is 3.72. The van der Waals surface area contributed by atoms with Crippen LogP contribution in [0, 0.1) is 11.3 Å². The molecule has 0 saturated heterocycles. The second-order valence-electron chi connectivity index (χ2n) is 7.35. The minimum absolute atomic E-state index is 0.0338. The number of pyridine rings is 1. The Morgan fingerprint density at radius 2 is 1.85 bits per heavy atom. The molecule has 0 fully saturated rings. The number of Topliss-reactive ketones (excluding diaryl/α,β-unsaturated/α-hetero) is 1. The summed E-state index contributed by atoms with van der Waals surface area (Å²) >= 11 is 6.11. The molecule has 0 radical (unpaired) electrons. The van der Waals surface area contributed by atoms with E-state index < -0.39 is 17.6 Å². The van der Waals surface area contributed by atoms with Crippen molar-refractivity contribution < 1.29 is 19.4 Å². The van der Waals surface area contributed by atoms with E-state index in [1.165, 1.54) is 29.0 Å². The van der Waals surface area contributed by atoms with E-state index in [2.05, 4.69) is 6.07 Å². The van der Waals surface area contributed by atoms with E-state index in [4.69, 9.17) is 21.4 Å². The van der Waals surface area contributed by atoms with Crippen molar-refractivity contribution in [1.82, 2.24) is 4.57 Å². The zero-order valence-corrected chi connectivity index (χ0v) is 18.8. The van der Waals surface area contributed by atoms with Gasteiger partial charge in [0.05, 0.1) is 36.0 Å². The second kappa shape index (κ2) is 10.2. The van der Waals surface area contributed by atoms with Gasteiger partial charge in [0.2, 0.25) is 0 Å². The lowest BCUT2D eigenvalue weighted by molar-refractivity contribution is -0.121. The number of carboxylic acids is 1. The van der Waals surface area contributed by atoms with Crippen molar-refractivity contribution in [2.75, 3.05) is 6.61 Å². The molecule has 1 N–H and O–H groups in total. The van der Waals surface area contributed by atoms with Gasteiger partial charge < -0.3 is 14.4 Å². The Morgan fingerprint density at radius 3 is 2.45 bits per heavy atom. The molecule has 2 aromatic carbocycles. The van der Waals surface area contributed by atoms with E-state index in [1.807, 2.05) is 0 Å². The molecule has 3 rings (SSSR count). The maximum absolute atomic E-state index is 12.9. The first-order chi connectivity index (χ1) is 15.7. The van der Waals surface area contributed by atoms with Gasteiger partial charge in [0.15, 0.2) is 5.78 Å². The highest BCUT2D eigenvalue weighted by molar-refractivity contribution is 6.31. The number of ether oxygens (including phenoxy) is 1. The average Bonchev–Trinajstić information content (AvgIpc) is 2.80. The number of nitrogens with zero attached hydrogens (tertiary/aromatic N) is 2. The van der Waals surface area contributed by atoms with Crippen LogP contribution in [0.5, 0.6) is 5.75 Å². The minimum Gasteiger partial charge on any atom is -0.492 e. The molecular weight excluding hydrogens is 444 g/mol. The second-order valence-corrected chi connectivity index (χ2v) is 7.79. The van der Waals surface area contributed by atoms with Crippen molar-refractivity contribution in [1.29, 1.82) is 5.26 Å². The fourth-order valence-electron chi connectivity index (χ4n) is 3.42. The maximum atomic E-state index is 12.9. The quantitative estimate of drug-likeness (QED) is 0.525. The van der Waals surface area contributed by atoms with Gasteiger partial charge in [0, 0.05) is 28.6 Å². The highest BCUT2D eigenvalue weighted by Crippen LogP contribution is 2.33. The Labute approximate surface area is 195 Å². The smallest absolute Gasteiger partial charge is 0.335 e. The van der Waals surface area contributed by atoms with Gasteiger partial charge in [-0.25, -0.2) is 4.79 Å². The minimum atomic E-state index is -1.05. The molecular formula is C25H21ClN2O5. The van der Waals surface area contributed by atoms with E-state index >= 15 is 0 Å². The monoisotopic (exact) mass is 464 g/mol. The normalized spacial score (nSPS) is 11.5. The van der Waals surface area contributed by atoms with Gasteiger partial charge in [0.25, 0.3) is 5.56 Å². The Kier molecular flexibility index (Phi) is 7.31. The Balaban J connectivity index is 1.97. The molecule has 1 atom stereocenters. The standard InChI is InChI=1S/C25H21ClN2O5/c1-3-33-23-14-28(15(2)22(29)10-16-4-6-17(7-5-16)25(31)32)24(30)12-21(23)20-11-19(26)9-8-18(20)13-27/h4-9,11-12,14-15H,3,10H2,1-2H3,(H,31,32). The molecule has 0 aliphatic rings. The topological polar surface area (TPSA) is 109 Å². The third kappa shape index (κ3) is 5.30. The summed E-state index contributed by atoms with van der Waals surface area (Å²) in [6.07, 6.45) is 1.51. The number of hydrogen-bond acceptors (Lipinski definition) is 5. The van der Waals surface area contributed by atoms with Gasteiger partial charge in [0.1, 0.15) is 5.75 Å². The van der Waals surface area contributed by atoms with Gasteiger partial charge in [-0.3, -0.25) is 9.59 Å². The Bertz CT molecular complexity index is 1310. The number of carbonyl (C=O) groups excluding carboxylic acids is 1. The molecule has 168 valence electrons. The number of rotatable bonds is 8. The summed E-state index contributed by atoms with van der Waals surface area (Å²) in [4.78, 5) is 36.8. The van der Waals surface area contributed by atoms with Gasteiger partial charge in [-0.05, 0) is 49.7 Å². The van der Waals surface area contributed by atoms with Crippen LogP contribution in [-0.2, 0) is 11.2 Å². The molecule has 0 saturated carbocycles. The van der Waals surface area contributed by atoms with Crippen LogP contribution in [0.25, 0.3) is 11.1 Å². The largest absolute Gasteiger partial charge is 0.492 e. The number of aromatic nitrogens is 1. The lowest BCUT2D eigenvalue weighted by atomic mass is 9.99. The zero-order valence-electron chi connectivity index (χ0n) is 18.0. The van der Waals surface area contributed by atoms with Crippen LogP contribution in [0.3, 0.4) is 0 Å². The third-order valence-electron chi connectivity index (χ3n) is 5.20. The third-order valence-corrected chi connectivity index (χ3v) is 5.43. The highest BCUT2D eigenvalue weighted by atomic mass is 35.5.